The zero-order valence-electron chi connectivity index (χ0n) is 30.1. The minimum absolute atomic E-state index is 0.609. The van der Waals surface area contributed by atoms with Gasteiger partial charge in [-0.3, -0.25) is 0 Å². The Bertz CT molecular complexity index is 3060. The lowest BCUT2D eigenvalue weighted by molar-refractivity contribution is 0.669. The highest BCUT2D eigenvalue weighted by atomic mass is 32.2. The molecule has 0 radical (unpaired) electrons. The number of hydrogen-bond donors (Lipinski definition) is 0. The molecule has 0 saturated carbocycles. The Kier molecular flexibility index (Phi) is 7.71. The third kappa shape index (κ3) is 5.52. The van der Waals surface area contributed by atoms with Crippen LogP contribution < -0.4 is 0 Å². The average Bonchev–Trinajstić information content (AvgIpc) is 3.63. The zero-order chi connectivity index (χ0) is 37.0. The van der Waals surface area contributed by atoms with E-state index < -0.39 is 0 Å². The van der Waals surface area contributed by atoms with Gasteiger partial charge in [-0.25, -0.2) is 15.0 Å². The van der Waals surface area contributed by atoms with Gasteiger partial charge in [0.2, 0.25) is 0 Å². The summed E-state index contributed by atoms with van der Waals surface area (Å²) in [4.78, 5) is 17.6. The van der Waals surface area contributed by atoms with Crippen molar-refractivity contribution >= 4 is 33.7 Å². The van der Waals surface area contributed by atoms with Crippen molar-refractivity contribution in [2.24, 2.45) is 0 Å². The maximum atomic E-state index is 6.58. The van der Waals surface area contributed by atoms with Crippen LogP contribution in [0.1, 0.15) is 0 Å². The Labute approximate surface area is 328 Å². The molecule has 0 spiro atoms. The summed E-state index contributed by atoms with van der Waals surface area (Å²) in [6, 6.07) is 66.0. The van der Waals surface area contributed by atoms with Crippen molar-refractivity contribution in [1.82, 2.24) is 15.0 Å². The first-order chi connectivity index (χ1) is 27.7. The molecule has 4 nitrogen and oxygen atoms in total. The number of fused-ring (bicyclic) bond motifs is 12. The molecule has 11 rings (SSSR count). The predicted molar refractivity (Wildman–Crippen MR) is 229 cm³/mol. The smallest absolute Gasteiger partial charge is 0.164 e. The summed E-state index contributed by atoms with van der Waals surface area (Å²) in [6.45, 7) is 0. The van der Waals surface area contributed by atoms with Crippen molar-refractivity contribution in [3.63, 3.8) is 0 Å². The van der Waals surface area contributed by atoms with E-state index in [1.165, 1.54) is 27.1 Å². The number of hydrogen-bond acceptors (Lipinski definition) is 5. The van der Waals surface area contributed by atoms with Gasteiger partial charge in [-0.1, -0.05) is 169 Å². The van der Waals surface area contributed by atoms with Crippen molar-refractivity contribution < 1.29 is 4.42 Å². The van der Waals surface area contributed by atoms with E-state index in [1.54, 1.807) is 11.8 Å². The van der Waals surface area contributed by atoms with Crippen molar-refractivity contribution in [3.8, 4) is 78.7 Å². The number of furan rings is 1. The van der Waals surface area contributed by atoms with E-state index in [0.29, 0.717) is 17.5 Å². The summed E-state index contributed by atoms with van der Waals surface area (Å²) in [5, 5.41) is 2.19. The number of benzene rings is 8. The van der Waals surface area contributed by atoms with Gasteiger partial charge >= 0.3 is 0 Å². The van der Waals surface area contributed by atoms with Crippen LogP contribution in [-0.2, 0) is 0 Å². The molecule has 0 aliphatic carbocycles. The Morgan fingerprint density at radius 3 is 1.45 bits per heavy atom. The van der Waals surface area contributed by atoms with Gasteiger partial charge in [0.15, 0.2) is 17.5 Å². The van der Waals surface area contributed by atoms with Gasteiger partial charge in [-0.05, 0) is 74.8 Å². The summed E-state index contributed by atoms with van der Waals surface area (Å²) >= 11 is 1.80. The molecule has 56 heavy (non-hydrogen) atoms. The van der Waals surface area contributed by atoms with E-state index in [1.807, 2.05) is 72.8 Å². The van der Waals surface area contributed by atoms with E-state index in [-0.39, 0.29) is 0 Å². The fraction of sp³-hybridized carbons (Fsp3) is 0. The fourth-order valence-electron chi connectivity index (χ4n) is 7.93. The van der Waals surface area contributed by atoms with Crippen LogP contribution in [0.3, 0.4) is 0 Å². The van der Waals surface area contributed by atoms with Crippen LogP contribution in [0, 0.1) is 0 Å². The van der Waals surface area contributed by atoms with E-state index in [0.717, 1.165) is 65.8 Å². The molecule has 0 amide bonds. The van der Waals surface area contributed by atoms with Gasteiger partial charge in [-0.15, -0.1) is 0 Å². The maximum absolute atomic E-state index is 6.58. The quantitative estimate of drug-likeness (QED) is 0.181. The topological polar surface area (TPSA) is 51.8 Å². The normalized spacial score (nSPS) is 11.9. The SMILES string of the molecule is c1ccc(-c2nc(-c3ccccc3)nc(-c3ccc4c(c3)-c3cc5oc6ccccc6c5cc3Sc3ccccc3-c3ccccc3-c3ccccc3-4)n2)cc1. The molecule has 0 unspecified atom stereocenters. The fourth-order valence-corrected chi connectivity index (χ4v) is 9.05. The van der Waals surface area contributed by atoms with Crippen LogP contribution in [0.5, 0.6) is 0 Å². The first-order valence-corrected chi connectivity index (χ1v) is 19.5. The first kappa shape index (κ1) is 32.4. The molecule has 262 valence electrons. The van der Waals surface area contributed by atoms with E-state index in [4.69, 9.17) is 19.4 Å². The minimum atomic E-state index is 0.609. The van der Waals surface area contributed by atoms with Gasteiger partial charge in [0.05, 0.1) is 0 Å². The minimum Gasteiger partial charge on any atom is -0.456 e. The van der Waals surface area contributed by atoms with Crippen molar-refractivity contribution in [3.05, 3.63) is 188 Å². The number of aromatic nitrogens is 3. The van der Waals surface area contributed by atoms with Gasteiger partial charge in [0.1, 0.15) is 11.2 Å². The Morgan fingerprint density at radius 2 is 0.804 bits per heavy atom. The second-order valence-electron chi connectivity index (χ2n) is 13.9. The van der Waals surface area contributed by atoms with Crippen LogP contribution in [-0.4, -0.2) is 15.0 Å². The molecule has 0 saturated heterocycles. The molecule has 2 aromatic heterocycles. The third-order valence-electron chi connectivity index (χ3n) is 10.6. The molecule has 0 fully saturated rings. The first-order valence-electron chi connectivity index (χ1n) is 18.7. The summed E-state index contributed by atoms with van der Waals surface area (Å²) in [5.74, 6) is 1.87. The van der Waals surface area contributed by atoms with Gasteiger partial charge in [0.25, 0.3) is 0 Å². The molecular formula is C51H31N3OS. The van der Waals surface area contributed by atoms with Crippen LogP contribution in [0.25, 0.3) is 101 Å². The number of rotatable bonds is 3. The highest BCUT2D eigenvalue weighted by Gasteiger charge is 2.24. The summed E-state index contributed by atoms with van der Waals surface area (Å²) in [5.41, 5.74) is 13.7. The highest BCUT2D eigenvalue weighted by Crippen LogP contribution is 2.50. The maximum Gasteiger partial charge on any atom is 0.164 e. The average molecular weight is 734 g/mol. The standard InChI is InChI=1S/C51H31N3OS/c1-3-15-32(16-4-1)49-52-50(33-17-5-2-6-18-33)54-51(53-49)34-27-28-39-37-21-8-7-19-35(37)36-20-9-10-22-38(36)41-24-12-14-26-47(41)56-48-31-43-40-23-11-13-25-45(40)55-46(43)30-44(48)42(39)29-34/h1-31H. The van der Waals surface area contributed by atoms with Gasteiger partial charge < -0.3 is 4.42 Å². The van der Waals surface area contributed by atoms with Crippen molar-refractivity contribution in [2.45, 2.75) is 9.79 Å². The number of para-hydroxylation sites is 1. The molecule has 8 aromatic carbocycles. The highest BCUT2D eigenvalue weighted by molar-refractivity contribution is 7.99. The Balaban J connectivity index is 1.23. The molecule has 0 bridgehead atoms. The van der Waals surface area contributed by atoms with E-state index in [9.17, 15) is 0 Å². The lowest BCUT2D eigenvalue weighted by Gasteiger charge is -2.18. The number of nitrogens with zero attached hydrogens (tertiary/aromatic N) is 3. The zero-order valence-corrected chi connectivity index (χ0v) is 30.9. The van der Waals surface area contributed by atoms with Crippen LogP contribution in [0.15, 0.2) is 202 Å². The van der Waals surface area contributed by atoms with Crippen LogP contribution >= 0.6 is 11.8 Å². The molecule has 5 heteroatoms. The van der Waals surface area contributed by atoms with E-state index >= 15 is 0 Å². The summed E-state index contributed by atoms with van der Waals surface area (Å²) in [6.07, 6.45) is 0. The molecule has 3 heterocycles. The molecule has 0 N–H and O–H groups in total. The van der Waals surface area contributed by atoms with E-state index in [2.05, 4.69) is 115 Å². The lowest BCUT2D eigenvalue weighted by atomic mass is 9.86. The molecule has 10 aromatic rings. The van der Waals surface area contributed by atoms with Crippen molar-refractivity contribution in [2.75, 3.05) is 0 Å². The molecule has 0 atom stereocenters. The Hall–Kier alpha value is -7.08. The van der Waals surface area contributed by atoms with Crippen molar-refractivity contribution in [1.29, 1.82) is 0 Å². The molecule has 1 aliphatic heterocycles. The van der Waals surface area contributed by atoms with Crippen LogP contribution in [0.2, 0.25) is 0 Å². The third-order valence-corrected chi connectivity index (χ3v) is 11.7. The predicted octanol–water partition coefficient (Wildman–Crippen LogP) is 13.9. The second kappa shape index (κ2) is 13.3. The van der Waals surface area contributed by atoms with Gasteiger partial charge in [0, 0.05) is 37.3 Å². The van der Waals surface area contributed by atoms with Crippen LogP contribution in [0.4, 0.5) is 0 Å². The summed E-state index contributed by atoms with van der Waals surface area (Å²) in [7, 11) is 0. The molecule has 1 aliphatic rings. The second-order valence-corrected chi connectivity index (χ2v) is 15.0. The summed E-state index contributed by atoms with van der Waals surface area (Å²) < 4.78 is 6.58. The lowest BCUT2D eigenvalue weighted by Crippen LogP contribution is -2.00. The Morgan fingerprint density at radius 1 is 0.304 bits per heavy atom. The molecular weight excluding hydrogens is 703 g/mol. The van der Waals surface area contributed by atoms with Gasteiger partial charge in [-0.2, -0.15) is 0 Å². The monoisotopic (exact) mass is 733 g/mol. The largest absolute Gasteiger partial charge is 0.456 e.